The van der Waals surface area contributed by atoms with Gasteiger partial charge in [0.1, 0.15) is 5.94 Å². The summed E-state index contributed by atoms with van der Waals surface area (Å²) >= 11 is 0. The zero-order chi connectivity index (χ0) is 16.1. The van der Waals surface area contributed by atoms with Crippen molar-refractivity contribution in [1.82, 2.24) is 5.32 Å². The van der Waals surface area contributed by atoms with Gasteiger partial charge in [-0.3, -0.25) is 0 Å². The minimum atomic E-state index is -0.298. The summed E-state index contributed by atoms with van der Waals surface area (Å²) < 4.78 is 11.1. The number of rotatable bonds is 7. The highest BCUT2D eigenvalue weighted by molar-refractivity contribution is 5.69. The average Bonchev–Trinajstić information content (AvgIpc) is 2.84. The molecule has 0 amide bonds. The Kier molecular flexibility index (Phi) is 5.61. The van der Waals surface area contributed by atoms with Crippen LogP contribution in [0.5, 0.6) is 0 Å². The maximum atomic E-state index is 11.2. The van der Waals surface area contributed by atoms with Gasteiger partial charge in [0.15, 0.2) is 12.0 Å². The van der Waals surface area contributed by atoms with E-state index in [2.05, 4.69) is 24.1 Å². The first-order valence-corrected chi connectivity index (χ1v) is 7.59. The molecule has 0 saturated heterocycles. The number of ether oxygens (including phenoxy) is 2. The third kappa shape index (κ3) is 3.17. The van der Waals surface area contributed by atoms with Gasteiger partial charge in [0, 0.05) is 19.7 Å². The molecule has 1 aliphatic heterocycles. The second kappa shape index (κ2) is 7.45. The Morgan fingerprint density at radius 3 is 2.73 bits per heavy atom. The first-order chi connectivity index (χ1) is 10.6. The fourth-order valence-corrected chi connectivity index (χ4v) is 2.83. The highest BCUT2D eigenvalue weighted by Gasteiger charge is 2.32. The number of fused-ring (bicyclic) bond motifs is 1. The van der Waals surface area contributed by atoms with Crippen LogP contribution in [0.15, 0.2) is 18.2 Å². The Morgan fingerprint density at radius 2 is 2.14 bits per heavy atom. The normalized spacial score (nSPS) is 16.9. The van der Waals surface area contributed by atoms with E-state index in [0.717, 1.165) is 30.4 Å². The quantitative estimate of drug-likeness (QED) is 0.726. The van der Waals surface area contributed by atoms with E-state index in [1.54, 1.807) is 20.3 Å². The first-order valence-electron chi connectivity index (χ1n) is 7.59. The summed E-state index contributed by atoms with van der Waals surface area (Å²) in [5.74, 6) is 2.67. The van der Waals surface area contributed by atoms with Crippen LogP contribution in [0.4, 0.5) is 5.69 Å². The van der Waals surface area contributed by atoms with Crippen molar-refractivity contribution in [1.29, 1.82) is 0 Å². The predicted molar refractivity (Wildman–Crippen MR) is 86.8 cm³/mol. The lowest BCUT2D eigenvalue weighted by Gasteiger charge is -2.28. The van der Waals surface area contributed by atoms with Crippen molar-refractivity contribution in [3.8, 4) is 0 Å². The lowest BCUT2D eigenvalue weighted by molar-refractivity contribution is 0.116. The maximum absolute atomic E-state index is 11.2. The fraction of sp³-hybridized carbons (Fsp3) is 0.529. The molecule has 0 bridgehead atoms. The van der Waals surface area contributed by atoms with Crippen LogP contribution in [0.25, 0.3) is 5.76 Å². The Morgan fingerprint density at radius 1 is 1.36 bits per heavy atom. The number of nitrogens with zero attached hydrogens (tertiary/aromatic N) is 1. The van der Waals surface area contributed by atoms with Gasteiger partial charge in [-0.05, 0) is 25.1 Å². The summed E-state index contributed by atoms with van der Waals surface area (Å²) in [7, 11) is 3.26. The molecule has 1 aromatic rings. The van der Waals surface area contributed by atoms with Crippen LogP contribution in [-0.2, 0) is 14.3 Å². The molecule has 0 fully saturated rings. The summed E-state index contributed by atoms with van der Waals surface area (Å²) in [6.07, 6.45) is 0.678. The molecular weight excluding hydrogens is 280 g/mol. The third-order valence-corrected chi connectivity index (χ3v) is 3.79. The number of anilines is 1. The zero-order valence-corrected chi connectivity index (χ0v) is 13.7. The number of benzene rings is 1. The van der Waals surface area contributed by atoms with Gasteiger partial charge in [-0.15, -0.1) is 0 Å². The van der Waals surface area contributed by atoms with Crippen LogP contribution < -0.4 is 20.7 Å². The summed E-state index contributed by atoms with van der Waals surface area (Å²) in [6, 6.07) is 6.08. The summed E-state index contributed by atoms with van der Waals surface area (Å²) in [6.45, 7) is 6.01. The second-order valence-corrected chi connectivity index (χ2v) is 5.61. The Balaban J connectivity index is 2.31. The van der Waals surface area contributed by atoms with E-state index in [-0.39, 0.29) is 6.23 Å². The molecular formula is C17H24N2O3. The summed E-state index contributed by atoms with van der Waals surface area (Å²) in [4.78, 5) is 13.3. The van der Waals surface area contributed by atoms with E-state index >= 15 is 0 Å². The molecule has 0 aliphatic carbocycles. The third-order valence-electron chi connectivity index (χ3n) is 3.79. The standard InChI is InChI=1S/C17H24N2O3/c1-12(2)18-9-6-10-19-14-8-5-7-13(11-20)15(14)16(21-3)17(19)22-4/h5,7-8,12,17-18H,6,9-10H2,1-4H3. The van der Waals surface area contributed by atoms with Crippen LogP contribution in [0.3, 0.4) is 0 Å². The Bertz CT molecular complexity index is 650. The minimum absolute atomic E-state index is 0.298. The summed E-state index contributed by atoms with van der Waals surface area (Å²) in [5.41, 5.74) is 0.967. The topological polar surface area (TPSA) is 50.8 Å². The van der Waals surface area contributed by atoms with Gasteiger partial charge in [-0.25, -0.2) is 4.79 Å². The molecule has 1 heterocycles. The van der Waals surface area contributed by atoms with Crippen LogP contribution >= 0.6 is 0 Å². The Hall–Kier alpha value is -1.81. The number of carbonyl (C=O) groups excluding carboxylic acids is 1. The molecule has 1 N–H and O–H groups in total. The van der Waals surface area contributed by atoms with E-state index in [0.29, 0.717) is 17.0 Å². The lowest BCUT2D eigenvalue weighted by Crippen LogP contribution is -2.37. The van der Waals surface area contributed by atoms with Crippen molar-refractivity contribution >= 4 is 17.4 Å². The SMILES string of the molecule is COC1=c2c(cccc2=C=O)N(CCCNC(C)C)C1OC. The number of hydrogen-bond donors (Lipinski definition) is 1. The average molecular weight is 304 g/mol. The van der Waals surface area contributed by atoms with Crippen molar-refractivity contribution in [3.05, 3.63) is 28.6 Å². The largest absolute Gasteiger partial charge is 0.496 e. The van der Waals surface area contributed by atoms with E-state index in [1.165, 1.54) is 0 Å². The molecule has 1 aromatic carbocycles. The highest BCUT2D eigenvalue weighted by atomic mass is 16.5. The molecule has 0 aromatic heterocycles. The van der Waals surface area contributed by atoms with E-state index in [1.807, 2.05) is 18.1 Å². The highest BCUT2D eigenvalue weighted by Crippen LogP contribution is 2.25. The zero-order valence-electron chi connectivity index (χ0n) is 13.7. The van der Waals surface area contributed by atoms with Crippen molar-refractivity contribution in [2.45, 2.75) is 32.5 Å². The Labute approximate surface area is 131 Å². The predicted octanol–water partition coefficient (Wildman–Crippen LogP) is 0.125. The van der Waals surface area contributed by atoms with Gasteiger partial charge in [-0.1, -0.05) is 19.9 Å². The van der Waals surface area contributed by atoms with Gasteiger partial charge in [0.05, 0.1) is 23.2 Å². The van der Waals surface area contributed by atoms with E-state index < -0.39 is 0 Å². The molecule has 1 unspecified atom stereocenters. The number of nitrogens with one attached hydrogen (secondary N) is 1. The van der Waals surface area contributed by atoms with Gasteiger partial charge < -0.3 is 19.7 Å². The van der Waals surface area contributed by atoms with E-state index in [9.17, 15) is 4.79 Å². The molecule has 1 aliphatic rings. The van der Waals surface area contributed by atoms with Gasteiger partial charge in [-0.2, -0.15) is 0 Å². The van der Waals surface area contributed by atoms with Crippen LogP contribution in [0, 0.1) is 0 Å². The van der Waals surface area contributed by atoms with Crippen molar-refractivity contribution in [2.75, 3.05) is 32.2 Å². The van der Waals surface area contributed by atoms with Gasteiger partial charge in [0.25, 0.3) is 0 Å². The molecule has 0 spiro atoms. The number of methoxy groups -OCH3 is 2. The van der Waals surface area contributed by atoms with E-state index in [4.69, 9.17) is 9.47 Å². The molecule has 0 radical (unpaired) electrons. The van der Waals surface area contributed by atoms with Crippen LogP contribution in [0.1, 0.15) is 20.3 Å². The van der Waals surface area contributed by atoms with Crippen molar-refractivity contribution in [3.63, 3.8) is 0 Å². The minimum Gasteiger partial charge on any atom is -0.496 e. The van der Waals surface area contributed by atoms with Crippen LogP contribution in [0.2, 0.25) is 0 Å². The summed E-state index contributed by atoms with van der Waals surface area (Å²) in [5, 5.41) is 4.71. The number of hydrogen-bond acceptors (Lipinski definition) is 5. The monoisotopic (exact) mass is 304 g/mol. The lowest BCUT2D eigenvalue weighted by atomic mass is 10.2. The molecule has 5 heteroatoms. The smallest absolute Gasteiger partial charge is 0.189 e. The second-order valence-electron chi connectivity index (χ2n) is 5.61. The van der Waals surface area contributed by atoms with Crippen molar-refractivity contribution in [2.24, 2.45) is 0 Å². The molecule has 120 valence electrons. The molecule has 1 atom stereocenters. The fourth-order valence-electron chi connectivity index (χ4n) is 2.83. The maximum Gasteiger partial charge on any atom is 0.189 e. The molecule has 22 heavy (non-hydrogen) atoms. The van der Waals surface area contributed by atoms with Crippen LogP contribution in [-0.4, -0.2) is 45.5 Å². The molecule has 2 rings (SSSR count). The van der Waals surface area contributed by atoms with Gasteiger partial charge in [0.2, 0.25) is 0 Å². The molecule has 0 saturated carbocycles. The first kappa shape index (κ1) is 16.6. The van der Waals surface area contributed by atoms with Gasteiger partial charge >= 0.3 is 0 Å². The molecule has 5 nitrogen and oxygen atoms in total. The van der Waals surface area contributed by atoms with Crippen molar-refractivity contribution < 1.29 is 14.3 Å².